The molecule has 0 spiro atoms. The van der Waals surface area contributed by atoms with E-state index in [-0.39, 0.29) is 11.8 Å². The second kappa shape index (κ2) is 4.53. The lowest BCUT2D eigenvalue weighted by molar-refractivity contribution is -0.126. The predicted octanol–water partition coefficient (Wildman–Crippen LogP) is 1.35. The first-order valence-electron chi connectivity index (χ1n) is 6.23. The summed E-state index contributed by atoms with van der Waals surface area (Å²) < 4.78 is 0. The van der Waals surface area contributed by atoms with Crippen LogP contribution in [0, 0.1) is 17.2 Å². The van der Waals surface area contributed by atoms with Crippen molar-refractivity contribution < 1.29 is 4.79 Å². The third kappa shape index (κ3) is 1.98. The Morgan fingerprint density at radius 3 is 2.50 bits per heavy atom. The van der Waals surface area contributed by atoms with Crippen molar-refractivity contribution in [2.75, 3.05) is 7.05 Å². The molecular formula is C12H21N3O. The molecule has 4 nitrogen and oxygen atoms in total. The summed E-state index contributed by atoms with van der Waals surface area (Å²) in [6, 6.07) is -0.473. The first-order chi connectivity index (χ1) is 7.61. The summed E-state index contributed by atoms with van der Waals surface area (Å²) >= 11 is 0. The molecule has 16 heavy (non-hydrogen) atoms. The van der Waals surface area contributed by atoms with Crippen LogP contribution in [-0.4, -0.2) is 29.7 Å². The minimum absolute atomic E-state index is 0.0411. The summed E-state index contributed by atoms with van der Waals surface area (Å²) in [5.74, 6) is 0.957. The van der Waals surface area contributed by atoms with Crippen LogP contribution >= 0.6 is 0 Å². The van der Waals surface area contributed by atoms with Crippen molar-refractivity contribution in [3.8, 4) is 0 Å². The maximum absolute atomic E-state index is 11.6. The molecule has 2 fully saturated rings. The van der Waals surface area contributed by atoms with Gasteiger partial charge in [0.25, 0.3) is 0 Å². The molecular weight excluding hydrogens is 202 g/mol. The summed E-state index contributed by atoms with van der Waals surface area (Å²) in [5.41, 5.74) is 5.89. The standard InChI is InChI=1S/C12H21N3O/c1-15-11(14)9(10(13)12(15)16)7-8-5-3-2-4-6-8/h8-10,14H,2-7,13H2,1H3. The van der Waals surface area contributed by atoms with E-state index in [1.165, 1.54) is 37.0 Å². The maximum atomic E-state index is 11.6. The Kier molecular flexibility index (Phi) is 3.28. The molecule has 0 bridgehead atoms. The topological polar surface area (TPSA) is 70.2 Å². The van der Waals surface area contributed by atoms with Gasteiger partial charge in [0.1, 0.15) is 5.84 Å². The van der Waals surface area contributed by atoms with Gasteiger partial charge in [0.05, 0.1) is 6.04 Å². The van der Waals surface area contributed by atoms with E-state index in [9.17, 15) is 4.79 Å². The number of hydrogen-bond acceptors (Lipinski definition) is 3. The molecule has 1 saturated carbocycles. The average Bonchev–Trinajstić information content (AvgIpc) is 2.48. The van der Waals surface area contributed by atoms with Gasteiger partial charge < -0.3 is 10.6 Å². The zero-order chi connectivity index (χ0) is 11.7. The van der Waals surface area contributed by atoms with E-state index in [4.69, 9.17) is 11.1 Å². The van der Waals surface area contributed by atoms with Crippen molar-refractivity contribution in [1.29, 1.82) is 5.41 Å². The molecule has 0 radical (unpaired) electrons. The number of carbonyl (C=O) groups excluding carboxylic acids is 1. The molecule has 1 aliphatic carbocycles. The van der Waals surface area contributed by atoms with E-state index in [0.29, 0.717) is 11.8 Å². The first kappa shape index (κ1) is 11.6. The van der Waals surface area contributed by atoms with Crippen molar-refractivity contribution >= 4 is 11.7 Å². The van der Waals surface area contributed by atoms with Gasteiger partial charge in [-0.15, -0.1) is 0 Å². The highest BCUT2D eigenvalue weighted by molar-refractivity contribution is 6.07. The molecule has 1 amide bonds. The minimum Gasteiger partial charge on any atom is -0.319 e. The van der Waals surface area contributed by atoms with Gasteiger partial charge in [-0.1, -0.05) is 32.1 Å². The number of rotatable bonds is 2. The van der Waals surface area contributed by atoms with E-state index in [2.05, 4.69) is 0 Å². The zero-order valence-corrected chi connectivity index (χ0v) is 9.91. The van der Waals surface area contributed by atoms with Crippen LogP contribution in [0.4, 0.5) is 0 Å². The van der Waals surface area contributed by atoms with Gasteiger partial charge >= 0.3 is 0 Å². The largest absolute Gasteiger partial charge is 0.319 e. The number of likely N-dealkylation sites (tertiary alicyclic amines) is 1. The van der Waals surface area contributed by atoms with Crippen molar-refractivity contribution in [1.82, 2.24) is 4.90 Å². The Bertz CT molecular complexity index is 297. The van der Waals surface area contributed by atoms with Crippen LogP contribution < -0.4 is 5.73 Å². The zero-order valence-electron chi connectivity index (χ0n) is 9.91. The van der Waals surface area contributed by atoms with Crippen molar-refractivity contribution in [3.63, 3.8) is 0 Å². The average molecular weight is 223 g/mol. The molecule has 1 heterocycles. The van der Waals surface area contributed by atoms with Crippen LogP contribution in [0.2, 0.25) is 0 Å². The molecule has 2 atom stereocenters. The Morgan fingerprint density at radius 2 is 2.00 bits per heavy atom. The van der Waals surface area contributed by atoms with Crippen LogP contribution in [0.15, 0.2) is 0 Å². The molecule has 3 N–H and O–H groups in total. The molecule has 1 saturated heterocycles. The van der Waals surface area contributed by atoms with E-state index < -0.39 is 6.04 Å². The lowest BCUT2D eigenvalue weighted by Crippen LogP contribution is -2.35. The fraction of sp³-hybridized carbons (Fsp3) is 0.833. The fourth-order valence-electron chi connectivity index (χ4n) is 2.97. The summed E-state index contributed by atoms with van der Waals surface area (Å²) in [6.07, 6.45) is 7.34. The molecule has 2 aliphatic rings. The number of hydrogen-bond donors (Lipinski definition) is 2. The number of nitrogens with two attached hydrogens (primary N) is 1. The number of amides is 1. The highest BCUT2D eigenvalue weighted by Gasteiger charge is 2.41. The third-order valence-electron chi connectivity index (χ3n) is 4.07. The normalized spacial score (nSPS) is 32.5. The summed E-state index contributed by atoms with van der Waals surface area (Å²) in [4.78, 5) is 13.0. The van der Waals surface area contributed by atoms with Gasteiger partial charge in [0.15, 0.2) is 0 Å². The SMILES string of the molecule is CN1C(=N)C(CC2CCCCC2)C(N)C1=O. The highest BCUT2D eigenvalue weighted by Crippen LogP contribution is 2.32. The molecule has 2 rings (SSSR count). The van der Waals surface area contributed by atoms with Gasteiger partial charge in [-0.25, -0.2) is 0 Å². The minimum atomic E-state index is -0.473. The van der Waals surface area contributed by atoms with E-state index in [1.807, 2.05) is 0 Å². The van der Waals surface area contributed by atoms with Gasteiger partial charge in [-0.3, -0.25) is 10.2 Å². The fourth-order valence-corrected chi connectivity index (χ4v) is 2.97. The molecule has 0 aromatic rings. The van der Waals surface area contributed by atoms with Crippen LogP contribution in [0.25, 0.3) is 0 Å². The van der Waals surface area contributed by atoms with Gasteiger partial charge in [-0.05, 0) is 12.3 Å². The first-order valence-corrected chi connectivity index (χ1v) is 6.23. The molecule has 90 valence electrons. The van der Waals surface area contributed by atoms with Gasteiger partial charge in [0.2, 0.25) is 5.91 Å². The Hall–Kier alpha value is -0.900. The summed E-state index contributed by atoms with van der Waals surface area (Å²) in [7, 11) is 1.66. The molecule has 0 aromatic carbocycles. The smallest absolute Gasteiger partial charge is 0.245 e. The molecule has 2 unspecified atom stereocenters. The van der Waals surface area contributed by atoms with Gasteiger partial charge in [0, 0.05) is 13.0 Å². The number of likely N-dealkylation sites (N-methyl/N-ethyl adjacent to an activating group) is 1. The number of carbonyl (C=O) groups is 1. The second-order valence-corrected chi connectivity index (χ2v) is 5.15. The van der Waals surface area contributed by atoms with Crippen molar-refractivity contribution in [3.05, 3.63) is 0 Å². The summed E-state index contributed by atoms with van der Waals surface area (Å²) in [5, 5.41) is 7.92. The molecule has 1 aliphatic heterocycles. The van der Waals surface area contributed by atoms with E-state index in [0.717, 1.165) is 6.42 Å². The molecule has 0 aromatic heterocycles. The highest BCUT2D eigenvalue weighted by atomic mass is 16.2. The van der Waals surface area contributed by atoms with Crippen LogP contribution in [0.3, 0.4) is 0 Å². The van der Waals surface area contributed by atoms with Crippen molar-refractivity contribution in [2.45, 2.75) is 44.6 Å². The second-order valence-electron chi connectivity index (χ2n) is 5.15. The predicted molar refractivity (Wildman–Crippen MR) is 63.2 cm³/mol. The van der Waals surface area contributed by atoms with Crippen LogP contribution in [0.5, 0.6) is 0 Å². The number of nitrogens with one attached hydrogen (secondary N) is 1. The summed E-state index contributed by atoms with van der Waals surface area (Å²) in [6.45, 7) is 0. The monoisotopic (exact) mass is 223 g/mol. The van der Waals surface area contributed by atoms with E-state index >= 15 is 0 Å². The lowest BCUT2D eigenvalue weighted by atomic mass is 9.81. The van der Waals surface area contributed by atoms with Crippen LogP contribution in [-0.2, 0) is 4.79 Å². The third-order valence-corrected chi connectivity index (χ3v) is 4.07. The maximum Gasteiger partial charge on any atom is 0.245 e. The Balaban J connectivity index is 1.98. The van der Waals surface area contributed by atoms with E-state index in [1.54, 1.807) is 7.05 Å². The Morgan fingerprint density at radius 1 is 1.38 bits per heavy atom. The lowest BCUT2D eigenvalue weighted by Gasteiger charge is -2.25. The number of amidine groups is 1. The number of nitrogens with zero attached hydrogens (tertiary/aromatic N) is 1. The molecule has 4 heteroatoms. The van der Waals surface area contributed by atoms with Gasteiger partial charge in [-0.2, -0.15) is 0 Å². The van der Waals surface area contributed by atoms with Crippen LogP contribution in [0.1, 0.15) is 38.5 Å². The quantitative estimate of drug-likeness (QED) is 0.742. The van der Waals surface area contributed by atoms with Crippen molar-refractivity contribution in [2.24, 2.45) is 17.6 Å². The Labute approximate surface area is 96.7 Å².